The van der Waals surface area contributed by atoms with Crippen LogP contribution in [0.25, 0.3) is 5.69 Å². The lowest BCUT2D eigenvalue weighted by Crippen LogP contribution is -2.03. The van der Waals surface area contributed by atoms with Crippen LogP contribution in [0, 0.1) is 11.6 Å². The molecule has 0 bridgehead atoms. The Morgan fingerprint density at radius 3 is 2.38 bits per heavy atom. The SMILES string of the molecule is Fc1cccc(F)c1NCc1cnn(-c2ccccc2)c1. The van der Waals surface area contributed by atoms with Crippen LogP contribution in [0.3, 0.4) is 0 Å². The van der Waals surface area contributed by atoms with Crippen LogP contribution < -0.4 is 5.32 Å². The van der Waals surface area contributed by atoms with Crippen molar-refractivity contribution in [2.45, 2.75) is 6.54 Å². The van der Waals surface area contributed by atoms with E-state index < -0.39 is 11.6 Å². The highest BCUT2D eigenvalue weighted by molar-refractivity contribution is 5.46. The van der Waals surface area contributed by atoms with E-state index in [0.717, 1.165) is 11.3 Å². The predicted molar refractivity (Wildman–Crippen MR) is 77.2 cm³/mol. The van der Waals surface area contributed by atoms with Crippen molar-refractivity contribution in [3.63, 3.8) is 0 Å². The van der Waals surface area contributed by atoms with Crippen LogP contribution in [-0.2, 0) is 6.54 Å². The van der Waals surface area contributed by atoms with Crippen molar-refractivity contribution in [2.24, 2.45) is 0 Å². The van der Waals surface area contributed by atoms with Gasteiger partial charge in [0, 0.05) is 18.3 Å². The Labute approximate surface area is 120 Å². The highest BCUT2D eigenvalue weighted by Crippen LogP contribution is 2.19. The van der Waals surface area contributed by atoms with E-state index in [0.29, 0.717) is 6.54 Å². The minimum absolute atomic E-state index is 0.120. The molecule has 0 aliphatic carbocycles. The number of halogens is 2. The molecule has 3 rings (SSSR count). The zero-order chi connectivity index (χ0) is 14.7. The number of para-hydroxylation sites is 2. The van der Waals surface area contributed by atoms with Gasteiger partial charge in [0.1, 0.15) is 17.3 Å². The Hall–Kier alpha value is -2.69. The molecule has 0 radical (unpaired) electrons. The van der Waals surface area contributed by atoms with Gasteiger partial charge in [-0.15, -0.1) is 0 Å². The molecule has 1 N–H and O–H groups in total. The molecule has 0 saturated heterocycles. The third-order valence-corrected chi connectivity index (χ3v) is 3.09. The Kier molecular flexibility index (Phi) is 3.64. The van der Waals surface area contributed by atoms with Crippen LogP contribution >= 0.6 is 0 Å². The fraction of sp³-hybridized carbons (Fsp3) is 0.0625. The summed E-state index contributed by atoms with van der Waals surface area (Å²) in [6, 6.07) is 13.4. The predicted octanol–water partition coefficient (Wildman–Crippen LogP) is 3.76. The van der Waals surface area contributed by atoms with Crippen molar-refractivity contribution >= 4 is 5.69 Å². The molecule has 2 aromatic carbocycles. The quantitative estimate of drug-likeness (QED) is 0.791. The summed E-state index contributed by atoms with van der Waals surface area (Å²) < 4.78 is 28.7. The summed E-state index contributed by atoms with van der Waals surface area (Å²) in [5, 5.41) is 6.99. The van der Waals surface area contributed by atoms with Gasteiger partial charge >= 0.3 is 0 Å². The van der Waals surface area contributed by atoms with Crippen molar-refractivity contribution < 1.29 is 8.78 Å². The van der Waals surface area contributed by atoms with Crippen LogP contribution in [0.15, 0.2) is 60.9 Å². The summed E-state index contributed by atoms with van der Waals surface area (Å²) >= 11 is 0. The maximum Gasteiger partial charge on any atom is 0.149 e. The molecule has 0 amide bonds. The topological polar surface area (TPSA) is 29.9 Å². The van der Waals surface area contributed by atoms with Gasteiger partial charge in [0.2, 0.25) is 0 Å². The van der Waals surface area contributed by atoms with Gasteiger partial charge in [-0.25, -0.2) is 13.5 Å². The third-order valence-electron chi connectivity index (χ3n) is 3.09. The lowest BCUT2D eigenvalue weighted by Gasteiger charge is -2.07. The Balaban J connectivity index is 1.74. The molecule has 1 aromatic heterocycles. The fourth-order valence-corrected chi connectivity index (χ4v) is 2.03. The van der Waals surface area contributed by atoms with Crippen LogP contribution in [-0.4, -0.2) is 9.78 Å². The average Bonchev–Trinajstić information content (AvgIpc) is 2.97. The van der Waals surface area contributed by atoms with E-state index in [1.807, 2.05) is 36.5 Å². The van der Waals surface area contributed by atoms with E-state index in [1.165, 1.54) is 18.2 Å². The van der Waals surface area contributed by atoms with Gasteiger partial charge in [0.25, 0.3) is 0 Å². The van der Waals surface area contributed by atoms with Crippen molar-refractivity contribution in [1.82, 2.24) is 9.78 Å². The maximum atomic E-state index is 13.5. The van der Waals surface area contributed by atoms with Crippen molar-refractivity contribution in [3.8, 4) is 5.69 Å². The second kappa shape index (κ2) is 5.75. The Morgan fingerprint density at radius 1 is 0.952 bits per heavy atom. The zero-order valence-corrected chi connectivity index (χ0v) is 11.1. The van der Waals surface area contributed by atoms with Gasteiger partial charge in [-0.05, 0) is 24.3 Å². The highest BCUT2D eigenvalue weighted by Gasteiger charge is 2.08. The molecular weight excluding hydrogens is 272 g/mol. The zero-order valence-electron chi connectivity index (χ0n) is 11.1. The number of aromatic nitrogens is 2. The molecular formula is C16H13F2N3. The molecule has 21 heavy (non-hydrogen) atoms. The average molecular weight is 285 g/mol. The number of nitrogens with zero attached hydrogens (tertiary/aromatic N) is 2. The molecule has 3 nitrogen and oxygen atoms in total. The van der Waals surface area contributed by atoms with Gasteiger partial charge in [-0.3, -0.25) is 0 Å². The van der Waals surface area contributed by atoms with Gasteiger partial charge in [-0.2, -0.15) is 5.10 Å². The second-order valence-corrected chi connectivity index (χ2v) is 4.58. The van der Waals surface area contributed by atoms with Crippen molar-refractivity contribution in [3.05, 3.63) is 78.1 Å². The smallest absolute Gasteiger partial charge is 0.149 e. The Bertz CT molecular complexity index is 718. The summed E-state index contributed by atoms with van der Waals surface area (Å²) in [5.41, 5.74) is 1.65. The summed E-state index contributed by atoms with van der Waals surface area (Å²) in [6.07, 6.45) is 3.49. The largest absolute Gasteiger partial charge is 0.376 e. The van der Waals surface area contributed by atoms with Crippen LogP contribution in [0.5, 0.6) is 0 Å². The highest BCUT2D eigenvalue weighted by atomic mass is 19.1. The van der Waals surface area contributed by atoms with Crippen LogP contribution in [0.1, 0.15) is 5.56 Å². The maximum absolute atomic E-state index is 13.5. The number of hydrogen-bond donors (Lipinski definition) is 1. The first-order valence-corrected chi connectivity index (χ1v) is 6.51. The van der Waals surface area contributed by atoms with Crippen molar-refractivity contribution in [2.75, 3.05) is 5.32 Å². The second-order valence-electron chi connectivity index (χ2n) is 4.58. The summed E-state index contributed by atoms with van der Waals surface area (Å²) in [4.78, 5) is 0. The number of nitrogens with one attached hydrogen (secondary N) is 1. The van der Waals surface area contributed by atoms with E-state index in [-0.39, 0.29) is 5.69 Å². The number of benzene rings is 2. The molecule has 0 fully saturated rings. The third kappa shape index (κ3) is 2.91. The normalized spacial score (nSPS) is 10.6. The minimum atomic E-state index is -0.606. The first kappa shape index (κ1) is 13.3. The molecule has 0 saturated carbocycles. The van der Waals surface area contributed by atoms with Gasteiger partial charge in [-0.1, -0.05) is 24.3 Å². The standard InChI is InChI=1S/C16H13F2N3/c17-14-7-4-8-15(18)16(14)19-9-12-10-20-21(11-12)13-5-2-1-3-6-13/h1-8,10-11,19H,9H2. The molecule has 0 unspecified atom stereocenters. The number of rotatable bonds is 4. The first-order valence-electron chi connectivity index (χ1n) is 6.51. The van der Waals surface area contributed by atoms with E-state index in [2.05, 4.69) is 10.4 Å². The summed E-state index contributed by atoms with van der Waals surface area (Å²) in [5.74, 6) is -1.21. The molecule has 1 heterocycles. The van der Waals surface area contributed by atoms with Crippen LogP contribution in [0.4, 0.5) is 14.5 Å². The summed E-state index contributed by atoms with van der Waals surface area (Å²) in [6.45, 7) is 0.296. The van der Waals surface area contributed by atoms with Gasteiger partial charge in [0.05, 0.1) is 11.9 Å². The molecule has 0 spiro atoms. The van der Waals surface area contributed by atoms with E-state index in [4.69, 9.17) is 0 Å². The molecule has 0 atom stereocenters. The fourth-order valence-electron chi connectivity index (χ4n) is 2.03. The van der Waals surface area contributed by atoms with E-state index in [1.54, 1.807) is 10.9 Å². The van der Waals surface area contributed by atoms with E-state index >= 15 is 0 Å². The van der Waals surface area contributed by atoms with Crippen LogP contribution in [0.2, 0.25) is 0 Å². The molecule has 106 valence electrons. The minimum Gasteiger partial charge on any atom is -0.376 e. The molecule has 0 aliphatic rings. The van der Waals surface area contributed by atoms with Gasteiger partial charge < -0.3 is 5.32 Å². The Morgan fingerprint density at radius 2 is 1.67 bits per heavy atom. The molecule has 5 heteroatoms. The number of anilines is 1. The van der Waals surface area contributed by atoms with Crippen molar-refractivity contribution in [1.29, 1.82) is 0 Å². The number of hydrogen-bond acceptors (Lipinski definition) is 2. The molecule has 3 aromatic rings. The lowest BCUT2D eigenvalue weighted by molar-refractivity contribution is 0.588. The molecule has 0 aliphatic heterocycles. The first-order chi connectivity index (χ1) is 10.2. The van der Waals surface area contributed by atoms with E-state index in [9.17, 15) is 8.78 Å². The lowest BCUT2D eigenvalue weighted by atomic mass is 10.2. The van der Waals surface area contributed by atoms with Gasteiger partial charge in [0.15, 0.2) is 0 Å². The summed E-state index contributed by atoms with van der Waals surface area (Å²) in [7, 11) is 0. The monoisotopic (exact) mass is 285 g/mol.